The van der Waals surface area contributed by atoms with Gasteiger partial charge in [-0.15, -0.1) is 0 Å². The highest BCUT2D eigenvalue weighted by atomic mass is 79.9. The van der Waals surface area contributed by atoms with E-state index in [4.69, 9.17) is 4.74 Å². The third-order valence-electron chi connectivity index (χ3n) is 0.948. The first-order valence-electron chi connectivity index (χ1n) is 2.60. The molecule has 0 atom stereocenters. The van der Waals surface area contributed by atoms with E-state index in [0.717, 1.165) is 0 Å². The molecule has 0 saturated heterocycles. The molecule has 0 aliphatic carbocycles. The maximum atomic E-state index is 4.87. The summed E-state index contributed by atoms with van der Waals surface area (Å²) in [5.41, 5.74) is 0. The number of rotatable bonds is 2. The van der Waals surface area contributed by atoms with Crippen molar-refractivity contribution in [2.75, 3.05) is 11.5 Å². The molecule has 0 bridgehead atoms. The fraction of sp³-hybridized carbons (Fsp3) is 0.200. The maximum Gasteiger partial charge on any atom is 0.257 e. The summed E-state index contributed by atoms with van der Waals surface area (Å²) in [5.74, 6) is 1.05. The second-order valence-electron chi connectivity index (χ2n) is 1.51. The summed E-state index contributed by atoms with van der Waals surface area (Å²) in [5, 5.41) is 0. The molecule has 1 aromatic heterocycles. The molecule has 1 aromatic rings. The van der Waals surface area contributed by atoms with Crippen molar-refractivity contribution < 1.29 is 4.74 Å². The molecule has 4 nitrogen and oxygen atoms in total. The molecule has 0 amide bonds. The average molecular weight is 204 g/mol. The lowest BCUT2D eigenvalue weighted by molar-refractivity contribution is 0.398. The fourth-order valence-electron chi connectivity index (χ4n) is 0.539. The number of anilines is 1. The monoisotopic (exact) mass is 203 g/mol. The van der Waals surface area contributed by atoms with E-state index in [9.17, 15) is 0 Å². The third-order valence-corrected chi connectivity index (χ3v) is 1.32. The Hall–Kier alpha value is -0.840. The molecule has 1 rings (SSSR count). The van der Waals surface area contributed by atoms with Gasteiger partial charge < -0.3 is 9.08 Å². The van der Waals surface area contributed by atoms with Gasteiger partial charge in [-0.1, -0.05) is 0 Å². The summed E-state index contributed by atoms with van der Waals surface area (Å²) in [4.78, 5) is 7.81. The van der Waals surface area contributed by atoms with Gasteiger partial charge in [0.2, 0.25) is 0 Å². The molecule has 1 N–H and O–H groups in total. The van der Waals surface area contributed by atoms with Gasteiger partial charge in [0.25, 0.3) is 5.88 Å². The van der Waals surface area contributed by atoms with Crippen molar-refractivity contribution in [1.82, 2.24) is 9.97 Å². The van der Waals surface area contributed by atoms with Gasteiger partial charge in [0.1, 0.15) is 0 Å². The third kappa shape index (κ3) is 1.36. The van der Waals surface area contributed by atoms with Crippen molar-refractivity contribution in [3.8, 4) is 5.88 Å². The lowest BCUT2D eigenvalue weighted by Gasteiger charge is -2.01. The molecule has 0 radical (unpaired) electrons. The number of methoxy groups -OCH3 is 1. The van der Waals surface area contributed by atoms with E-state index in [1.165, 1.54) is 7.11 Å². The summed E-state index contributed by atoms with van der Waals surface area (Å²) < 4.78 is 7.53. The number of nitrogens with zero attached hydrogens (tertiary/aromatic N) is 2. The molecular weight excluding hydrogens is 198 g/mol. The molecule has 10 heavy (non-hydrogen) atoms. The first-order chi connectivity index (χ1) is 4.88. The Morgan fingerprint density at radius 1 is 1.50 bits per heavy atom. The second-order valence-corrected chi connectivity index (χ2v) is 1.91. The minimum Gasteiger partial charge on any atom is -0.478 e. The van der Waals surface area contributed by atoms with E-state index in [2.05, 4.69) is 30.5 Å². The molecule has 0 aliphatic rings. The lowest BCUT2D eigenvalue weighted by Crippen LogP contribution is -1.93. The van der Waals surface area contributed by atoms with Crippen LogP contribution in [0.1, 0.15) is 0 Å². The number of aromatic nitrogens is 2. The number of nitrogens with one attached hydrogen (secondary N) is 1. The van der Waals surface area contributed by atoms with Crippen LogP contribution in [0.25, 0.3) is 0 Å². The molecule has 1 heterocycles. The highest BCUT2D eigenvalue weighted by molar-refractivity contribution is 9.10. The largest absolute Gasteiger partial charge is 0.478 e. The van der Waals surface area contributed by atoms with Crippen LogP contribution in [0.2, 0.25) is 0 Å². The van der Waals surface area contributed by atoms with Crippen LogP contribution >= 0.6 is 16.1 Å². The predicted molar refractivity (Wildman–Crippen MR) is 41.1 cm³/mol. The zero-order chi connectivity index (χ0) is 7.40. The minimum atomic E-state index is 0.472. The second kappa shape index (κ2) is 3.36. The summed E-state index contributed by atoms with van der Waals surface area (Å²) in [6.07, 6.45) is 3.14. The Morgan fingerprint density at radius 2 is 2.20 bits per heavy atom. The van der Waals surface area contributed by atoms with E-state index in [-0.39, 0.29) is 0 Å². The average Bonchev–Trinajstić information content (AvgIpc) is 2.04. The zero-order valence-corrected chi connectivity index (χ0v) is 6.92. The van der Waals surface area contributed by atoms with Crippen molar-refractivity contribution in [2.24, 2.45) is 0 Å². The van der Waals surface area contributed by atoms with Gasteiger partial charge >= 0.3 is 0 Å². The van der Waals surface area contributed by atoms with Gasteiger partial charge in [-0.25, -0.2) is 9.97 Å². The van der Waals surface area contributed by atoms with Crippen molar-refractivity contribution in [1.29, 1.82) is 0 Å². The topological polar surface area (TPSA) is 47.0 Å². The lowest BCUT2D eigenvalue weighted by atomic mass is 10.6. The Kier molecular flexibility index (Phi) is 2.44. The quantitative estimate of drug-likeness (QED) is 0.735. The summed E-state index contributed by atoms with van der Waals surface area (Å²) in [6.45, 7) is 0. The van der Waals surface area contributed by atoms with Crippen LogP contribution < -0.4 is 9.08 Å². The molecule has 0 aromatic carbocycles. The number of hydrogen-bond acceptors (Lipinski definition) is 4. The summed E-state index contributed by atoms with van der Waals surface area (Å²) >= 11 is 3.02. The van der Waals surface area contributed by atoms with Gasteiger partial charge in [0.15, 0.2) is 5.82 Å². The number of halogens is 1. The van der Waals surface area contributed by atoms with Crippen LogP contribution in [0.15, 0.2) is 12.4 Å². The number of hydrogen-bond donors (Lipinski definition) is 1. The van der Waals surface area contributed by atoms with Gasteiger partial charge in [-0.2, -0.15) is 0 Å². The minimum absolute atomic E-state index is 0.472. The number of ether oxygens (including phenoxy) is 1. The van der Waals surface area contributed by atoms with Gasteiger partial charge in [0.05, 0.1) is 7.11 Å². The Morgan fingerprint density at radius 3 is 2.70 bits per heavy atom. The molecule has 0 fully saturated rings. The van der Waals surface area contributed by atoms with Crippen molar-refractivity contribution >= 4 is 22.0 Å². The van der Waals surface area contributed by atoms with E-state index in [1.807, 2.05) is 0 Å². The molecule has 0 saturated carbocycles. The predicted octanol–water partition coefficient (Wildman–Crippen LogP) is 1.21. The zero-order valence-electron chi connectivity index (χ0n) is 5.34. The van der Waals surface area contributed by atoms with Crippen LogP contribution in [-0.2, 0) is 0 Å². The highest BCUT2D eigenvalue weighted by Crippen LogP contribution is 2.16. The molecular formula is C5H6BrN3O. The van der Waals surface area contributed by atoms with Crippen molar-refractivity contribution in [3.05, 3.63) is 12.4 Å². The molecule has 0 spiro atoms. The first kappa shape index (κ1) is 7.27. The normalized spacial score (nSPS) is 9.00. The fourth-order valence-corrected chi connectivity index (χ4v) is 0.811. The van der Waals surface area contributed by atoms with Crippen LogP contribution in [0.5, 0.6) is 5.88 Å². The molecule has 5 heteroatoms. The molecule has 0 aliphatic heterocycles. The Labute approximate surface area is 67.0 Å². The van der Waals surface area contributed by atoms with E-state index in [1.54, 1.807) is 12.4 Å². The van der Waals surface area contributed by atoms with Crippen LogP contribution in [-0.4, -0.2) is 17.1 Å². The van der Waals surface area contributed by atoms with Crippen LogP contribution in [0.4, 0.5) is 5.82 Å². The van der Waals surface area contributed by atoms with Crippen molar-refractivity contribution in [3.63, 3.8) is 0 Å². The van der Waals surface area contributed by atoms with E-state index < -0.39 is 0 Å². The SMILES string of the molecule is COc1nccnc1NBr. The van der Waals surface area contributed by atoms with E-state index in [0.29, 0.717) is 11.7 Å². The summed E-state index contributed by atoms with van der Waals surface area (Å²) in [6, 6.07) is 0. The maximum absolute atomic E-state index is 4.87. The van der Waals surface area contributed by atoms with Gasteiger partial charge in [-0.05, 0) is 0 Å². The smallest absolute Gasteiger partial charge is 0.257 e. The molecule has 0 unspecified atom stereocenters. The van der Waals surface area contributed by atoms with Crippen molar-refractivity contribution in [2.45, 2.75) is 0 Å². The Bertz CT molecular complexity index is 195. The highest BCUT2D eigenvalue weighted by Gasteiger charge is 2.00. The summed E-state index contributed by atoms with van der Waals surface area (Å²) in [7, 11) is 1.54. The standard InChI is InChI=1S/C5H6BrN3O/c1-10-5-4(9-6)7-2-3-8-5/h2-3H,1H3,(H,7,9). The Balaban J connectivity index is 2.96. The van der Waals surface area contributed by atoms with Crippen LogP contribution in [0.3, 0.4) is 0 Å². The van der Waals surface area contributed by atoms with Crippen LogP contribution in [0, 0.1) is 0 Å². The van der Waals surface area contributed by atoms with Gasteiger partial charge in [0, 0.05) is 28.5 Å². The van der Waals surface area contributed by atoms with Gasteiger partial charge in [-0.3, -0.25) is 0 Å². The van der Waals surface area contributed by atoms with E-state index >= 15 is 0 Å². The molecule has 54 valence electrons. The first-order valence-corrected chi connectivity index (χ1v) is 3.39.